The number of rotatable bonds is 9. The van der Waals surface area contributed by atoms with Gasteiger partial charge in [0.25, 0.3) is 11.8 Å². The summed E-state index contributed by atoms with van der Waals surface area (Å²) < 4.78 is 5.12. The number of benzene rings is 1. The fourth-order valence-electron chi connectivity index (χ4n) is 8.03. The first-order valence-corrected chi connectivity index (χ1v) is 17.5. The van der Waals surface area contributed by atoms with E-state index in [1.165, 1.54) is 0 Å². The molecule has 1 saturated carbocycles. The fourth-order valence-corrected chi connectivity index (χ4v) is 8.03. The van der Waals surface area contributed by atoms with E-state index < -0.39 is 35.8 Å². The number of carbonyl (C=O) groups excluding carboxylic acids is 6. The summed E-state index contributed by atoms with van der Waals surface area (Å²) in [5.41, 5.74) is 7.51. The van der Waals surface area contributed by atoms with Crippen LogP contribution in [-0.4, -0.2) is 125 Å². The molecule has 1 aliphatic carbocycles. The molecule has 3 saturated heterocycles. The van der Waals surface area contributed by atoms with Gasteiger partial charge in [-0.15, -0.1) is 0 Å². The summed E-state index contributed by atoms with van der Waals surface area (Å²) in [6.45, 7) is 6.33. The molecule has 0 radical (unpaired) electrons. The topological polar surface area (TPSA) is 203 Å². The number of nitrogens with two attached hydrogens (primary N) is 1. The first-order valence-electron chi connectivity index (χ1n) is 17.5. The normalized spacial score (nSPS) is 25.2. The molecule has 3 atom stereocenters. The van der Waals surface area contributed by atoms with Gasteiger partial charge in [0.2, 0.25) is 17.7 Å². The first kappa shape index (κ1) is 33.7. The van der Waals surface area contributed by atoms with Crippen LogP contribution in [0.25, 0.3) is 0 Å². The maximum atomic E-state index is 13.3. The Kier molecular flexibility index (Phi) is 9.55. The van der Waals surface area contributed by atoms with E-state index in [2.05, 4.69) is 35.5 Å². The molecular formula is C34H43N9O7. The molecule has 4 fully saturated rings. The second kappa shape index (κ2) is 14.2. The zero-order valence-corrected chi connectivity index (χ0v) is 27.9. The molecule has 16 heteroatoms. The Morgan fingerprint density at radius 2 is 1.66 bits per heavy atom. The number of H-pyrrole nitrogens is 1. The van der Waals surface area contributed by atoms with Crippen molar-refractivity contribution in [1.29, 1.82) is 0 Å². The molecular weight excluding hydrogens is 646 g/mol. The van der Waals surface area contributed by atoms with Crippen LogP contribution in [-0.2, 0) is 19.1 Å². The molecule has 5 N–H and O–H groups in total. The Hall–Kier alpha value is -4.83. The number of primary amides is 1. The maximum Gasteiger partial charge on any atom is 0.404 e. The summed E-state index contributed by atoms with van der Waals surface area (Å²) in [5.74, 6) is -0.881. The van der Waals surface area contributed by atoms with Crippen molar-refractivity contribution in [1.82, 2.24) is 30.2 Å². The van der Waals surface area contributed by atoms with Gasteiger partial charge >= 0.3 is 6.09 Å². The third-order valence-electron chi connectivity index (χ3n) is 10.7. The number of likely N-dealkylation sites (tertiary alicyclic amines) is 1. The van der Waals surface area contributed by atoms with Gasteiger partial charge in [-0.05, 0) is 75.7 Å². The Labute approximate surface area is 289 Å². The van der Waals surface area contributed by atoms with E-state index in [-0.39, 0.29) is 36.3 Å². The summed E-state index contributed by atoms with van der Waals surface area (Å²) in [5, 5.41) is 12.4. The number of amides is 6. The summed E-state index contributed by atoms with van der Waals surface area (Å²) in [4.78, 5) is 81.9. The van der Waals surface area contributed by atoms with Gasteiger partial charge in [0.15, 0.2) is 5.82 Å². The SMILES string of the molecule is NC(=O)O[C@@H]1CC[C@H](c2cc(NC(=O)CN3CCC(CN4CCN(c5ccc6c(c5)C(=O)N(C5CCC(=O)NC5=O)C6=O)CC4)CC3)n[nH]2)C1. The molecule has 0 spiro atoms. The van der Waals surface area contributed by atoms with Gasteiger partial charge in [0.1, 0.15) is 12.1 Å². The number of hydrogen-bond donors (Lipinski definition) is 4. The zero-order valence-electron chi connectivity index (χ0n) is 27.9. The number of nitrogens with one attached hydrogen (secondary N) is 3. The number of piperazine rings is 1. The number of nitrogens with zero attached hydrogens (tertiary/aromatic N) is 5. The summed E-state index contributed by atoms with van der Waals surface area (Å²) in [6, 6.07) is 6.15. The highest BCUT2D eigenvalue weighted by molar-refractivity contribution is 6.23. The minimum atomic E-state index is -0.976. The van der Waals surface area contributed by atoms with Gasteiger partial charge in [0, 0.05) is 62.5 Å². The molecule has 0 bridgehead atoms. The van der Waals surface area contributed by atoms with Gasteiger partial charge in [-0.2, -0.15) is 5.10 Å². The van der Waals surface area contributed by atoms with Gasteiger partial charge in [-0.3, -0.25) is 49.1 Å². The van der Waals surface area contributed by atoms with Crippen molar-refractivity contribution >= 4 is 47.1 Å². The standard InChI is InChI=1S/C34H43N9O7/c35-34(49)50-23-3-1-21(15-23)26-17-28(39-38-26)36-30(45)19-40-9-7-20(8-10-40)18-41-11-13-42(14-12-41)22-2-4-24-25(16-22)33(48)43(32(24)47)27-5-6-29(44)37-31(27)46/h2,4,16-17,20-21,23,27H,1,3,5-15,18-19H2,(H2,35,49)(H,37,44,46)(H2,36,38,39,45)/t21-,23+,27?/m0/s1. The quantitative estimate of drug-likeness (QED) is 0.274. The molecule has 1 aromatic carbocycles. The monoisotopic (exact) mass is 689 g/mol. The van der Waals surface area contributed by atoms with E-state index >= 15 is 0 Å². The smallest absolute Gasteiger partial charge is 0.404 e. The van der Waals surface area contributed by atoms with E-state index in [9.17, 15) is 28.8 Å². The number of piperidine rings is 2. The van der Waals surface area contributed by atoms with E-state index in [1.54, 1.807) is 12.1 Å². The fraction of sp³-hybridized carbons (Fsp3) is 0.559. The Balaban J connectivity index is 0.829. The van der Waals surface area contributed by atoms with E-state index in [4.69, 9.17) is 10.5 Å². The van der Waals surface area contributed by atoms with E-state index in [1.807, 2.05) is 12.1 Å². The number of aromatic amines is 1. The summed E-state index contributed by atoms with van der Waals surface area (Å²) >= 11 is 0. The molecule has 50 heavy (non-hydrogen) atoms. The Morgan fingerprint density at radius 3 is 2.40 bits per heavy atom. The van der Waals surface area contributed by atoms with Crippen LogP contribution >= 0.6 is 0 Å². The third kappa shape index (κ3) is 7.21. The van der Waals surface area contributed by atoms with Crippen molar-refractivity contribution in [2.24, 2.45) is 11.7 Å². The summed E-state index contributed by atoms with van der Waals surface area (Å²) in [6.07, 6.45) is 3.59. The van der Waals surface area contributed by atoms with Gasteiger partial charge in [-0.1, -0.05) is 0 Å². The maximum absolute atomic E-state index is 13.3. The zero-order chi connectivity index (χ0) is 34.9. The van der Waals surface area contributed by atoms with Gasteiger partial charge in [-0.25, -0.2) is 4.79 Å². The molecule has 5 heterocycles. The molecule has 16 nitrogen and oxygen atoms in total. The molecule has 4 aliphatic heterocycles. The van der Waals surface area contributed by atoms with Crippen molar-refractivity contribution < 1.29 is 33.5 Å². The van der Waals surface area contributed by atoms with E-state index in [0.717, 1.165) is 87.8 Å². The molecule has 1 unspecified atom stereocenters. The number of ether oxygens (including phenoxy) is 1. The average Bonchev–Trinajstić information content (AvgIpc) is 3.81. The van der Waals surface area contributed by atoms with Crippen LogP contribution in [0.5, 0.6) is 0 Å². The van der Waals surface area contributed by atoms with Crippen LogP contribution in [0.2, 0.25) is 0 Å². The largest absolute Gasteiger partial charge is 0.446 e. The minimum absolute atomic E-state index is 0.0881. The molecule has 1 aromatic heterocycles. The van der Waals surface area contributed by atoms with Crippen LogP contribution in [0.15, 0.2) is 24.3 Å². The predicted octanol–water partition coefficient (Wildman–Crippen LogP) is 1.02. The Bertz CT molecular complexity index is 1680. The lowest BCUT2D eigenvalue weighted by Gasteiger charge is -2.39. The number of carbonyl (C=O) groups is 6. The number of aromatic nitrogens is 2. The highest BCUT2D eigenvalue weighted by atomic mass is 16.6. The average molecular weight is 690 g/mol. The van der Waals surface area contributed by atoms with Gasteiger partial charge < -0.3 is 20.7 Å². The lowest BCUT2D eigenvalue weighted by atomic mass is 9.96. The molecule has 5 aliphatic rings. The van der Waals surface area contributed by atoms with Crippen molar-refractivity contribution in [2.75, 3.05) is 62.6 Å². The van der Waals surface area contributed by atoms with Crippen LogP contribution in [0.3, 0.4) is 0 Å². The third-order valence-corrected chi connectivity index (χ3v) is 10.7. The molecule has 266 valence electrons. The predicted molar refractivity (Wildman–Crippen MR) is 179 cm³/mol. The van der Waals surface area contributed by atoms with Crippen LogP contribution < -0.4 is 21.3 Å². The number of anilines is 2. The van der Waals surface area contributed by atoms with Crippen LogP contribution in [0, 0.1) is 5.92 Å². The number of imide groups is 2. The number of hydrogen-bond acceptors (Lipinski definition) is 11. The van der Waals surface area contributed by atoms with Crippen molar-refractivity contribution in [2.45, 2.75) is 63.0 Å². The number of fused-ring (bicyclic) bond motifs is 1. The second-order valence-corrected chi connectivity index (χ2v) is 14.0. The molecule has 6 amide bonds. The van der Waals surface area contributed by atoms with Crippen molar-refractivity contribution in [3.05, 3.63) is 41.1 Å². The summed E-state index contributed by atoms with van der Waals surface area (Å²) in [7, 11) is 0. The lowest BCUT2D eigenvalue weighted by molar-refractivity contribution is -0.136. The van der Waals surface area contributed by atoms with Crippen LogP contribution in [0.4, 0.5) is 16.3 Å². The minimum Gasteiger partial charge on any atom is -0.446 e. The van der Waals surface area contributed by atoms with Crippen LogP contribution in [0.1, 0.15) is 77.3 Å². The van der Waals surface area contributed by atoms with E-state index in [0.29, 0.717) is 30.3 Å². The van der Waals surface area contributed by atoms with Gasteiger partial charge in [0.05, 0.1) is 17.7 Å². The molecule has 7 rings (SSSR count). The Morgan fingerprint density at radius 1 is 0.900 bits per heavy atom. The van der Waals surface area contributed by atoms with Crippen molar-refractivity contribution in [3.8, 4) is 0 Å². The van der Waals surface area contributed by atoms with Crippen molar-refractivity contribution in [3.63, 3.8) is 0 Å². The highest BCUT2D eigenvalue weighted by Gasteiger charge is 2.45. The second-order valence-electron chi connectivity index (χ2n) is 14.0. The highest BCUT2D eigenvalue weighted by Crippen LogP contribution is 2.36. The lowest BCUT2D eigenvalue weighted by Crippen LogP contribution is -2.54. The first-order chi connectivity index (χ1) is 24.1. The molecule has 2 aromatic rings.